The van der Waals surface area contributed by atoms with Gasteiger partial charge < -0.3 is 4.90 Å². The number of halogens is 2. The van der Waals surface area contributed by atoms with Gasteiger partial charge in [-0.1, -0.05) is 0 Å². The SMILES string of the molecule is O=C1N(C2CC2)c2ccc(Br)c(F)c2C12CC2. The van der Waals surface area contributed by atoms with Crippen molar-refractivity contribution < 1.29 is 9.18 Å². The van der Waals surface area contributed by atoms with Crippen molar-refractivity contribution in [2.24, 2.45) is 0 Å². The molecule has 2 aliphatic carbocycles. The Bertz CT molecular complexity index is 549. The highest BCUT2D eigenvalue weighted by Crippen LogP contribution is 2.60. The normalized spacial score (nSPS) is 24.4. The number of rotatable bonds is 1. The van der Waals surface area contributed by atoms with E-state index < -0.39 is 5.41 Å². The van der Waals surface area contributed by atoms with Gasteiger partial charge in [-0.05, 0) is 53.7 Å². The molecule has 0 unspecified atom stereocenters. The topological polar surface area (TPSA) is 20.3 Å². The lowest BCUT2D eigenvalue weighted by molar-refractivity contribution is -0.120. The van der Waals surface area contributed by atoms with E-state index in [1.165, 1.54) is 0 Å². The van der Waals surface area contributed by atoms with E-state index in [1.54, 1.807) is 6.07 Å². The van der Waals surface area contributed by atoms with E-state index in [2.05, 4.69) is 15.9 Å². The van der Waals surface area contributed by atoms with E-state index >= 15 is 0 Å². The van der Waals surface area contributed by atoms with Gasteiger partial charge in [-0.2, -0.15) is 0 Å². The van der Waals surface area contributed by atoms with Crippen molar-refractivity contribution in [3.8, 4) is 0 Å². The molecule has 0 saturated heterocycles. The Morgan fingerprint density at radius 2 is 2.06 bits per heavy atom. The average Bonchev–Trinajstić information content (AvgIpc) is 3.15. The minimum absolute atomic E-state index is 0.131. The first kappa shape index (κ1) is 10.1. The van der Waals surface area contributed by atoms with Crippen LogP contribution in [0.2, 0.25) is 0 Å². The summed E-state index contributed by atoms with van der Waals surface area (Å²) in [4.78, 5) is 14.3. The zero-order valence-corrected chi connectivity index (χ0v) is 10.8. The second kappa shape index (κ2) is 2.91. The van der Waals surface area contributed by atoms with E-state index in [9.17, 15) is 9.18 Å². The number of anilines is 1. The third-order valence-electron chi connectivity index (χ3n) is 4.10. The number of benzene rings is 1. The number of hydrogen-bond acceptors (Lipinski definition) is 1. The van der Waals surface area contributed by atoms with Crippen LogP contribution in [0.25, 0.3) is 0 Å². The number of fused-ring (bicyclic) bond motifs is 2. The van der Waals surface area contributed by atoms with E-state index in [4.69, 9.17) is 0 Å². The van der Waals surface area contributed by atoms with Crippen LogP contribution in [0.1, 0.15) is 31.2 Å². The van der Waals surface area contributed by atoms with Gasteiger partial charge in [0.15, 0.2) is 0 Å². The van der Waals surface area contributed by atoms with Crippen LogP contribution >= 0.6 is 15.9 Å². The maximum atomic E-state index is 14.2. The second-order valence-electron chi connectivity index (χ2n) is 5.24. The molecule has 2 fully saturated rings. The fraction of sp³-hybridized carbons (Fsp3) is 0.462. The molecular weight excluding hydrogens is 285 g/mol. The molecule has 0 aromatic heterocycles. The van der Waals surface area contributed by atoms with Crippen molar-refractivity contribution in [3.05, 3.63) is 28.0 Å². The monoisotopic (exact) mass is 295 g/mol. The van der Waals surface area contributed by atoms with Crippen molar-refractivity contribution in [2.75, 3.05) is 4.90 Å². The molecule has 1 aliphatic heterocycles. The largest absolute Gasteiger partial charge is 0.308 e. The summed E-state index contributed by atoms with van der Waals surface area (Å²) in [6, 6.07) is 3.91. The Hall–Kier alpha value is -0.900. The summed E-state index contributed by atoms with van der Waals surface area (Å²) in [5.74, 6) is -0.108. The number of hydrogen-bond donors (Lipinski definition) is 0. The summed E-state index contributed by atoms with van der Waals surface area (Å²) in [5.41, 5.74) is 0.950. The van der Waals surface area contributed by atoms with Crippen LogP contribution in [-0.2, 0) is 10.2 Å². The maximum Gasteiger partial charge on any atom is 0.238 e. The van der Waals surface area contributed by atoms with E-state index in [0.717, 1.165) is 31.4 Å². The molecule has 1 spiro atoms. The molecule has 3 aliphatic rings. The van der Waals surface area contributed by atoms with Crippen LogP contribution in [0, 0.1) is 5.82 Å². The van der Waals surface area contributed by atoms with Crippen LogP contribution in [-0.4, -0.2) is 11.9 Å². The van der Waals surface area contributed by atoms with Crippen LogP contribution in [0.4, 0.5) is 10.1 Å². The summed E-state index contributed by atoms with van der Waals surface area (Å²) >= 11 is 3.22. The summed E-state index contributed by atoms with van der Waals surface area (Å²) < 4.78 is 14.7. The highest BCUT2D eigenvalue weighted by atomic mass is 79.9. The van der Waals surface area contributed by atoms with Gasteiger partial charge in [0.2, 0.25) is 5.91 Å². The highest BCUT2D eigenvalue weighted by Gasteiger charge is 2.62. The van der Waals surface area contributed by atoms with Crippen molar-refractivity contribution in [2.45, 2.75) is 37.1 Å². The molecule has 88 valence electrons. The maximum absolute atomic E-state index is 14.2. The molecule has 1 amide bonds. The van der Waals surface area contributed by atoms with Gasteiger partial charge in [0.05, 0.1) is 15.6 Å². The first-order chi connectivity index (χ1) is 8.15. The minimum atomic E-state index is -0.508. The average molecular weight is 296 g/mol. The lowest BCUT2D eigenvalue weighted by Crippen LogP contribution is -2.33. The smallest absolute Gasteiger partial charge is 0.238 e. The van der Waals surface area contributed by atoms with Crippen LogP contribution in [0.15, 0.2) is 16.6 Å². The summed E-state index contributed by atoms with van der Waals surface area (Å²) in [6.45, 7) is 0. The lowest BCUT2D eigenvalue weighted by atomic mass is 9.97. The molecule has 1 aromatic carbocycles. The molecule has 2 saturated carbocycles. The predicted octanol–water partition coefficient (Wildman–Crippen LogP) is 3.13. The fourth-order valence-electron chi connectivity index (χ4n) is 2.93. The van der Waals surface area contributed by atoms with Crippen LogP contribution in [0.5, 0.6) is 0 Å². The van der Waals surface area contributed by atoms with Gasteiger partial charge >= 0.3 is 0 Å². The first-order valence-corrected chi connectivity index (χ1v) is 6.76. The highest BCUT2D eigenvalue weighted by molar-refractivity contribution is 9.10. The Labute approximate surface area is 107 Å². The Morgan fingerprint density at radius 1 is 1.35 bits per heavy atom. The summed E-state index contributed by atoms with van der Waals surface area (Å²) in [5, 5.41) is 0. The molecule has 2 nitrogen and oxygen atoms in total. The summed E-state index contributed by atoms with van der Waals surface area (Å²) in [6.07, 6.45) is 3.71. The predicted molar refractivity (Wildman–Crippen MR) is 65.5 cm³/mol. The van der Waals surface area contributed by atoms with Crippen LogP contribution < -0.4 is 4.90 Å². The number of carbonyl (C=O) groups excluding carboxylic acids is 1. The van der Waals surface area contributed by atoms with Gasteiger partial charge in [0.1, 0.15) is 5.82 Å². The zero-order chi connectivity index (χ0) is 11.8. The molecular formula is C13H11BrFNO. The molecule has 17 heavy (non-hydrogen) atoms. The Balaban J connectivity index is 1.98. The number of carbonyl (C=O) groups is 1. The molecule has 0 atom stereocenters. The summed E-state index contributed by atoms with van der Waals surface area (Å²) in [7, 11) is 0. The first-order valence-electron chi connectivity index (χ1n) is 5.97. The third-order valence-corrected chi connectivity index (χ3v) is 4.71. The van der Waals surface area contributed by atoms with Crippen molar-refractivity contribution in [1.29, 1.82) is 0 Å². The van der Waals surface area contributed by atoms with E-state index in [-0.39, 0.29) is 11.7 Å². The van der Waals surface area contributed by atoms with E-state index in [1.807, 2.05) is 11.0 Å². The van der Waals surface area contributed by atoms with Gasteiger partial charge in [0.25, 0.3) is 0 Å². The minimum Gasteiger partial charge on any atom is -0.308 e. The molecule has 0 radical (unpaired) electrons. The van der Waals surface area contributed by atoms with Crippen LogP contribution in [0.3, 0.4) is 0 Å². The second-order valence-corrected chi connectivity index (χ2v) is 6.10. The molecule has 1 aromatic rings. The van der Waals surface area contributed by atoms with E-state index in [0.29, 0.717) is 16.1 Å². The van der Waals surface area contributed by atoms with Gasteiger partial charge in [-0.15, -0.1) is 0 Å². The van der Waals surface area contributed by atoms with Crippen molar-refractivity contribution in [1.82, 2.24) is 0 Å². The van der Waals surface area contributed by atoms with Gasteiger partial charge in [-0.25, -0.2) is 4.39 Å². The fourth-order valence-corrected chi connectivity index (χ4v) is 3.26. The quantitative estimate of drug-likeness (QED) is 0.779. The number of amides is 1. The molecule has 1 heterocycles. The molecule has 4 rings (SSSR count). The Kier molecular flexibility index (Phi) is 1.72. The Morgan fingerprint density at radius 3 is 2.65 bits per heavy atom. The number of nitrogens with zero attached hydrogens (tertiary/aromatic N) is 1. The third kappa shape index (κ3) is 1.12. The molecule has 4 heteroatoms. The van der Waals surface area contributed by atoms with Crippen molar-refractivity contribution in [3.63, 3.8) is 0 Å². The van der Waals surface area contributed by atoms with Gasteiger partial charge in [-0.3, -0.25) is 4.79 Å². The molecule has 0 bridgehead atoms. The zero-order valence-electron chi connectivity index (χ0n) is 9.17. The molecule has 0 N–H and O–H groups in total. The standard InChI is InChI=1S/C13H11BrFNO/c14-8-3-4-9-10(11(8)15)13(5-6-13)12(17)16(9)7-1-2-7/h3-4,7H,1-2,5-6H2. The van der Waals surface area contributed by atoms with Gasteiger partial charge in [0, 0.05) is 11.6 Å². The van der Waals surface area contributed by atoms with Crippen molar-refractivity contribution >= 4 is 27.5 Å². The lowest BCUT2D eigenvalue weighted by Gasteiger charge is -2.16.